The van der Waals surface area contributed by atoms with Crippen LogP contribution in [0.15, 0.2) is 449 Å². The van der Waals surface area contributed by atoms with Crippen molar-refractivity contribution >= 4 is 94.5 Å². The molecular formula is C140H116N4. The number of hydrogen-bond acceptors (Lipinski definition) is 3. The third-order valence-electron chi connectivity index (χ3n) is 38.0. The van der Waals surface area contributed by atoms with Crippen LogP contribution in [0.25, 0.3) is 116 Å². The van der Waals surface area contributed by atoms with E-state index in [1.54, 1.807) is 33.4 Å². The van der Waals surface area contributed by atoms with Crippen molar-refractivity contribution in [2.24, 2.45) is 71.0 Å². The van der Waals surface area contributed by atoms with Crippen LogP contribution in [-0.4, -0.2) is 4.57 Å². The van der Waals surface area contributed by atoms with Crippen LogP contribution in [0.1, 0.15) is 130 Å². The Morgan fingerprint density at radius 3 is 0.896 bits per heavy atom. The molecule has 15 aliphatic rings. The normalized spacial score (nSPS) is 24.6. The molecule has 1 heterocycles. The highest BCUT2D eigenvalue weighted by Crippen LogP contribution is 2.75. The Morgan fingerprint density at radius 1 is 0.181 bits per heavy atom. The molecular weight excluding hydrogens is 1740 g/mol. The fourth-order valence-electron chi connectivity index (χ4n) is 33.3. The van der Waals surface area contributed by atoms with Gasteiger partial charge in [-0.2, -0.15) is 0 Å². The molecule has 0 saturated heterocycles. The lowest BCUT2D eigenvalue weighted by molar-refractivity contribution is -0.0399. The van der Waals surface area contributed by atoms with Crippen LogP contribution in [0, 0.1) is 71.0 Å². The molecule has 0 atom stereocenters. The summed E-state index contributed by atoms with van der Waals surface area (Å²) < 4.78 is 2.41. The van der Waals surface area contributed by atoms with Gasteiger partial charge in [-0.05, 0) is 394 Å². The topological polar surface area (TPSA) is 14.7 Å². The van der Waals surface area contributed by atoms with Gasteiger partial charge < -0.3 is 19.3 Å². The molecule has 12 fully saturated rings. The summed E-state index contributed by atoms with van der Waals surface area (Å²) in [6.07, 6.45) is 21.2. The fraction of sp³-hybridized carbons (Fsp3) is 0.214. The zero-order valence-corrected chi connectivity index (χ0v) is 81.5. The standard InChI is InChI=1S/C48H39N.C46H38N2.C46H39N/c1-3-10-36-29-38(17-16-33(36)8-1)35-18-21-41(22-19-35)49(42-23-20-34-9-2-4-11-37(34)30-42)46-15-7-14-45-47(46)43-12-5-6-13-44(43)48(45)39-25-31-24-32(27-39)28-40(48)26-31;1-3-12-34(13-4-1)47(36-22-23-43-39(29-36)37-16-8-10-20-42(37)48(43)35-14-5-2-6-15-35)44-21-11-19-41-45(44)38-17-7-9-18-40(38)46(41)32-25-30-24-31(27-32)28-33(46)26-30;1-3-10-33(11-4-1)34-18-20-35(21-19-34)36-22-24-40(25-23-36)47(39-12-5-2-6-13-39)44-17-9-16-43-45(44)41-14-7-8-15-42(41)46(43)37-27-31-26-32(29-37)30-38(46)28-31/h1-23,29-32,39-40H,24-28H2;1-23,29-33H,24-28H2;1-25,31-32,37-38H,26-30H2. The molecule has 696 valence electrons. The van der Waals surface area contributed by atoms with Gasteiger partial charge in [0.2, 0.25) is 0 Å². The molecule has 15 aliphatic carbocycles. The highest BCUT2D eigenvalue weighted by atomic mass is 15.2. The van der Waals surface area contributed by atoms with E-state index in [0.29, 0.717) is 0 Å². The minimum absolute atomic E-state index is 0.143. The summed E-state index contributed by atoms with van der Waals surface area (Å²) in [4.78, 5) is 7.59. The Bertz CT molecular complexity index is 8340. The molecule has 0 N–H and O–H groups in total. The second kappa shape index (κ2) is 33.5. The molecule has 0 radical (unpaired) electrons. The molecule has 0 aliphatic heterocycles. The Balaban J connectivity index is 0.000000101. The average molecular weight is 1850 g/mol. The predicted octanol–water partition coefficient (Wildman–Crippen LogP) is 37.0. The van der Waals surface area contributed by atoms with Crippen LogP contribution in [0.2, 0.25) is 0 Å². The molecule has 4 nitrogen and oxygen atoms in total. The maximum atomic E-state index is 2.54. The number of aromatic nitrogens is 1. The third-order valence-corrected chi connectivity index (χ3v) is 38.0. The highest BCUT2D eigenvalue weighted by Gasteiger charge is 2.65. The molecule has 1 aromatic heterocycles. The van der Waals surface area contributed by atoms with Crippen LogP contribution in [0.3, 0.4) is 0 Å². The van der Waals surface area contributed by atoms with Gasteiger partial charge in [0.05, 0.1) is 28.1 Å². The highest BCUT2D eigenvalue weighted by molar-refractivity contribution is 6.11. The fourth-order valence-corrected chi connectivity index (χ4v) is 33.3. The number of nitrogens with zero attached hydrogens (tertiary/aromatic N) is 4. The van der Waals surface area contributed by atoms with Crippen molar-refractivity contribution in [1.29, 1.82) is 0 Å². The van der Waals surface area contributed by atoms with Gasteiger partial charge in [-0.3, -0.25) is 0 Å². The Morgan fingerprint density at radius 2 is 0.465 bits per heavy atom. The van der Waals surface area contributed by atoms with Gasteiger partial charge >= 0.3 is 0 Å². The van der Waals surface area contributed by atoms with Crippen molar-refractivity contribution < 1.29 is 0 Å². The van der Waals surface area contributed by atoms with Gasteiger partial charge in [0.15, 0.2) is 0 Å². The summed E-state index contributed by atoms with van der Waals surface area (Å²) in [6, 6.07) is 168. The van der Waals surface area contributed by atoms with E-state index in [1.165, 1.54) is 263 Å². The minimum atomic E-state index is 0.143. The number of benzene rings is 19. The first-order chi connectivity index (χ1) is 71.3. The van der Waals surface area contributed by atoms with E-state index in [1.807, 2.05) is 0 Å². The molecule has 0 amide bonds. The minimum Gasteiger partial charge on any atom is -0.310 e. The first kappa shape index (κ1) is 84.6. The third kappa shape index (κ3) is 13.0. The lowest BCUT2D eigenvalue weighted by atomic mass is 9.43. The number of fused-ring (bicyclic) bond motifs is 14. The first-order valence-corrected chi connectivity index (χ1v) is 53.9. The van der Waals surface area contributed by atoms with Gasteiger partial charge in [0.1, 0.15) is 0 Å². The number of para-hydroxylation sites is 4. The largest absolute Gasteiger partial charge is 0.310 e. The summed E-state index contributed by atoms with van der Waals surface area (Å²) in [6.45, 7) is 0. The summed E-state index contributed by atoms with van der Waals surface area (Å²) in [7, 11) is 0. The zero-order valence-electron chi connectivity index (χ0n) is 81.5. The maximum Gasteiger partial charge on any atom is 0.0543 e. The summed E-state index contributed by atoms with van der Waals surface area (Å²) in [5, 5.41) is 7.65. The number of hydrogen-bond donors (Lipinski definition) is 0. The van der Waals surface area contributed by atoms with Crippen LogP contribution < -0.4 is 14.7 Å². The molecule has 144 heavy (non-hydrogen) atoms. The molecule has 3 spiro atoms. The second-order valence-electron chi connectivity index (χ2n) is 45.0. The lowest BCUT2D eigenvalue weighted by Crippen LogP contribution is -2.55. The second-order valence-corrected chi connectivity index (χ2v) is 45.0. The molecule has 12 bridgehead atoms. The van der Waals surface area contributed by atoms with Crippen molar-refractivity contribution in [3.8, 4) is 72.4 Å². The van der Waals surface area contributed by atoms with Crippen LogP contribution >= 0.6 is 0 Å². The molecule has 35 rings (SSSR count). The first-order valence-electron chi connectivity index (χ1n) is 53.9. The van der Waals surface area contributed by atoms with Crippen LogP contribution in [0.4, 0.5) is 51.2 Å². The van der Waals surface area contributed by atoms with Crippen molar-refractivity contribution in [1.82, 2.24) is 4.57 Å². The molecule has 4 heteroatoms. The van der Waals surface area contributed by atoms with E-state index in [-0.39, 0.29) is 16.2 Å². The number of anilines is 9. The van der Waals surface area contributed by atoms with Crippen LogP contribution in [0.5, 0.6) is 0 Å². The van der Waals surface area contributed by atoms with E-state index in [9.17, 15) is 0 Å². The van der Waals surface area contributed by atoms with Gasteiger partial charge in [0.25, 0.3) is 0 Å². The van der Waals surface area contributed by atoms with E-state index >= 15 is 0 Å². The SMILES string of the molecule is c1ccc(-c2ccc(-c3ccc(N(c4ccccc4)c4cccc5c4-c4ccccc4C54C5CC6CC(C5)CC4C6)cc3)cc2)cc1.c1ccc(N(c2ccc3c(c2)c2ccccc2n3-c2ccccc2)c2cccc3c2-c2ccccc2C32C3CC4CC(C3)CC2C4)cc1.c1ccc2c(c1)-c1c(N(c3ccc(-c4ccc5ccccc5c4)cc3)c3ccc4ccccc4c3)cccc1C21C2CC3CC(C2)CC1C3. The van der Waals surface area contributed by atoms with E-state index in [2.05, 4.69) is 468 Å². The van der Waals surface area contributed by atoms with Crippen molar-refractivity contribution in [3.63, 3.8) is 0 Å². The Labute approximate surface area is 846 Å². The maximum absolute atomic E-state index is 2.54. The van der Waals surface area contributed by atoms with Crippen molar-refractivity contribution in [2.75, 3.05) is 14.7 Å². The Hall–Kier alpha value is -15.1. The zero-order chi connectivity index (χ0) is 94.5. The Kier molecular flexibility index (Phi) is 19.7. The number of rotatable bonds is 13. The van der Waals surface area contributed by atoms with Crippen molar-refractivity contribution in [2.45, 2.75) is 113 Å². The van der Waals surface area contributed by atoms with Gasteiger partial charge in [-0.15, -0.1) is 0 Å². The summed E-state index contributed by atoms with van der Waals surface area (Å²) in [5.74, 6) is 10.1. The van der Waals surface area contributed by atoms with E-state index < -0.39 is 0 Å². The lowest BCUT2D eigenvalue weighted by Gasteiger charge is -2.61. The summed E-state index contributed by atoms with van der Waals surface area (Å²) in [5.41, 5.74) is 41.0. The van der Waals surface area contributed by atoms with Gasteiger partial charge in [0, 0.05) is 83.5 Å². The predicted molar refractivity (Wildman–Crippen MR) is 599 cm³/mol. The molecule has 12 saturated carbocycles. The average Bonchev–Trinajstić information content (AvgIpc) is 1.51. The van der Waals surface area contributed by atoms with Gasteiger partial charge in [-0.25, -0.2) is 0 Å². The van der Waals surface area contributed by atoms with Crippen LogP contribution in [-0.2, 0) is 16.2 Å². The molecule has 20 aromatic rings. The van der Waals surface area contributed by atoms with E-state index in [0.717, 1.165) is 71.0 Å². The van der Waals surface area contributed by atoms with Gasteiger partial charge in [-0.1, -0.05) is 328 Å². The summed E-state index contributed by atoms with van der Waals surface area (Å²) >= 11 is 0. The quantitative estimate of drug-likeness (QED) is 0.114. The smallest absolute Gasteiger partial charge is 0.0543 e. The van der Waals surface area contributed by atoms with E-state index in [4.69, 9.17) is 0 Å². The molecule has 19 aromatic carbocycles. The molecule has 0 unspecified atom stereocenters. The van der Waals surface area contributed by atoms with Crippen molar-refractivity contribution in [3.05, 3.63) is 482 Å². The monoisotopic (exact) mass is 1850 g/mol.